The van der Waals surface area contributed by atoms with E-state index in [0.29, 0.717) is 31.0 Å². The highest BCUT2D eigenvalue weighted by Gasteiger charge is 2.66. The van der Waals surface area contributed by atoms with Crippen molar-refractivity contribution in [2.45, 2.75) is 77.6 Å². The van der Waals surface area contributed by atoms with Gasteiger partial charge in [-0.05, 0) is 67.7 Å². The molecule has 144 valence electrons. The first-order valence-electron chi connectivity index (χ1n) is 10.5. The van der Waals surface area contributed by atoms with E-state index in [1.54, 1.807) is 0 Å². The molecule has 4 nitrogen and oxygen atoms in total. The quantitative estimate of drug-likeness (QED) is 0.801. The van der Waals surface area contributed by atoms with E-state index in [0.717, 1.165) is 38.1 Å². The summed E-state index contributed by atoms with van der Waals surface area (Å²) in [6.45, 7) is 9.23. The van der Waals surface area contributed by atoms with Gasteiger partial charge in [0.15, 0.2) is 5.79 Å². The summed E-state index contributed by atoms with van der Waals surface area (Å²) >= 11 is 0. The van der Waals surface area contributed by atoms with Crippen molar-refractivity contribution in [3.63, 3.8) is 0 Å². The molecule has 0 aromatic carbocycles. The molecule has 0 bridgehead atoms. The number of aliphatic hydroxyl groups is 1. The Balaban J connectivity index is 1.59. The number of aliphatic hydroxyl groups excluding tert-OH is 1. The fraction of sp³-hybridized carbons (Fsp3) is 1.00. The van der Waals surface area contributed by atoms with Crippen LogP contribution in [0.3, 0.4) is 0 Å². The van der Waals surface area contributed by atoms with Crippen LogP contribution in [-0.4, -0.2) is 36.8 Å². The van der Waals surface area contributed by atoms with E-state index < -0.39 is 5.79 Å². The zero-order valence-corrected chi connectivity index (χ0v) is 16.3. The van der Waals surface area contributed by atoms with Crippen molar-refractivity contribution in [2.75, 3.05) is 19.8 Å². The number of hydrogen-bond acceptors (Lipinski definition) is 4. The summed E-state index contributed by atoms with van der Waals surface area (Å²) in [7, 11) is 0. The lowest BCUT2D eigenvalue weighted by Crippen LogP contribution is -2.57. The fourth-order valence-electron chi connectivity index (χ4n) is 7.20. The van der Waals surface area contributed by atoms with Gasteiger partial charge in [0.05, 0.1) is 19.3 Å². The molecule has 0 aromatic rings. The molecule has 3 aliphatic carbocycles. The maximum absolute atomic E-state index is 11.5. The third-order valence-corrected chi connectivity index (χ3v) is 8.95. The van der Waals surface area contributed by atoms with Gasteiger partial charge in [0, 0.05) is 11.8 Å². The average Bonchev–Trinajstić information content (AvgIpc) is 3.18. The van der Waals surface area contributed by atoms with Crippen LogP contribution >= 0.6 is 0 Å². The van der Waals surface area contributed by atoms with Crippen molar-refractivity contribution < 1.29 is 14.6 Å². The molecule has 1 heterocycles. The normalized spacial score (nSPS) is 52.4. The van der Waals surface area contributed by atoms with Crippen LogP contribution in [0.2, 0.25) is 0 Å². The van der Waals surface area contributed by atoms with E-state index in [9.17, 15) is 5.11 Å². The van der Waals surface area contributed by atoms with Gasteiger partial charge in [-0.1, -0.05) is 27.2 Å². The molecule has 0 aromatic heterocycles. The third-order valence-electron chi connectivity index (χ3n) is 8.95. The van der Waals surface area contributed by atoms with Crippen LogP contribution in [0.4, 0.5) is 0 Å². The number of nitrogens with two attached hydrogens (primary N) is 1. The molecular formula is C21H37NO3. The number of rotatable bonds is 2. The van der Waals surface area contributed by atoms with Crippen LogP contribution in [-0.2, 0) is 9.47 Å². The summed E-state index contributed by atoms with van der Waals surface area (Å²) in [5.74, 6) is 1.53. The van der Waals surface area contributed by atoms with Gasteiger partial charge in [0.2, 0.25) is 0 Å². The van der Waals surface area contributed by atoms with Crippen LogP contribution in [0, 0.1) is 34.5 Å². The summed E-state index contributed by atoms with van der Waals surface area (Å²) in [6, 6.07) is 0. The van der Waals surface area contributed by atoms with Crippen molar-refractivity contribution in [2.24, 2.45) is 40.2 Å². The van der Waals surface area contributed by atoms with Gasteiger partial charge in [-0.2, -0.15) is 0 Å². The van der Waals surface area contributed by atoms with E-state index in [1.807, 2.05) is 0 Å². The zero-order chi connectivity index (χ0) is 17.9. The minimum Gasteiger partial charge on any atom is -0.393 e. The maximum atomic E-state index is 11.5. The summed E-state index contributed by atoms with van der Waals surface area (Å²) in [5.41, 5.74) is 6.33. The predicted molar refractivity (Wildman–Crippen MR) is 97.9 cm³/mol. The monoisotopic (exact) mass is 351 g/mol. The highest BCUT2D eigenvalue weighted by molar-refractivity contribution is 5.11. The SMILES string of the molecule is C[C@H]1CC[C@](C)([C@H]2CC[C@@]3(C)[C@@H](CCC34OCCO4)[C@@H]2O)[C@@H](CN)C1. The predicted octanol–water partition coefficient (Wildman–Crippen LogP) is 3.32. The maximum Gasteiger partial charge on any atom is 0.174 e. The Hall–Kier alpha value is -0.160. The molecule has 4 heteroatoms. The Kier molecular flexibility index (Phi) is 4.51. The summed E-state index contributed by atoms with van der Waals surface area (Å²) in [4.78, 5) is 0. The fourth-order valence-corrected chi connectivity index (χ4v) is 7.20. The second-order valence-corrected chi connectivity index (χ2v) is 9.97. The molecule has 7 atom stereocenters. The third kappa shape index (κ3) is 2.47. The van der Waals surface area contributed by atoms with Crippen molar-refractivity contribution in [1.29, 1.82) is 0 Å². The molecule has 1 spiro atoms. The van der Waals surface area contributed by atoms with Crippen molar-refractivity contribution >= 4 is 0 Å². The van der Waals surface area contributed by atoms with E-state index >= 15 is 0 Å². The Morgan fingerprint density at radius 2 is 1.68 bits per heavy atom. The molecule has 0 unspecified atom stereocenters. The van der Waals surface area contributed by atoms with Crippen LogP contribution in [0.1, 0.15) is 65.7 Å². The smallest absolute Gasteiger partial charge is 0.174 e. The number of hydrogen-bond donors (Lipinski definition) is 2. The zero-order valence-electron chi connectivity index (χ0n) is 16.3. The number of ether oxygens (including phenoxy) is 2. The topological polar surface area (TPSA) is 64.7 Å². The lowest BCUT2D eigenvalue weighted by molar-refractivity contribution is -0.249. The molecule has 25 heavy (non-hydrogen) atoms. The largest absolute Gasteiger partial charge is 0.393 e. The van der Waals surface area contributed by atoms with Gasteiger partial charge < -0.3 is 20.3 Å². The lowest BCUT2D eigenvalue weighted by Gasteiger charge is -2.56. The Bertz CT molecular complexity index is 505. The first-order chi connectivity index (χ1) is 11.9. The first kappa shape index (κ1) is 18.2. The van der Waals surface area contributed by atoms with Crippen LogP contribution in [0.25, 0.3) is 0 Å². The summed E-state index contributed by atoms with van der Waals surface area (Å²) in [6.07, 6.45) is 7.58. The van der Waals surface area contributed by atoms with Crippen LogP contribution in [0.5, 0.6) is 0 Å². The van der Waals surface area contributed by atoms with E-state index in [2.05, 4.69) is 20.8 Å². The summed E-state index contributed by atoms with van der Waals surface area (Å²) in [5, 5.41) is 11.5. The van der Waals surface area contributed by atoms with Crippen molar-refractivity contribution in [1.82, 2.24) is 0 Å². The molecule has 4 fully saturated rings. The summed E-state index contributed by atoms with van der Waals surface area (Å²) < 4.78 is 12.3. The highest BCUT2D eigenvalue weighted by Crippen LogP contribution is 2.64. The Morgan fingerprint density at radius 1 is 1.00 bits per heavy atom. The molecule has 0 radical (unpaired) electrons. The molecule has 1 aliphatic heterocycles. The van der Waals surface area contributed by atoms with Crippen molar-refractivity contribution in [3.05, 3.63) is 0 Å². The molecule has 4 aliphatic rings. The second kappa shape index (κ2) is 6.19. The standard InChI is InChI=1S/C21H37NO3/c1-14-4-7-19(2,15(12-14)13-22)16-5-8-20(3)17(18(16)23)6-9-21(20)24-10-11-25-21/h14-18,23H,4-13,22H2,1-3H3/t14-,15+,16-,17-,18+,19-,20-/m0/s1. The average molecular weight is 352 g/mol. The number of fused-ring (bicyclic) bond motifs is 2. The molecule has 0 amide bonds. The van der Waals surface area contributed by atoms with Gasteiger partial charge in [0.1, 0.15) is 0 Å². The lowest BCUT2D eigenvalue weighted by atomic mass is 9.51. The molecular weight excluding hydrogens is 314 g/mol. The highest BCUT2D eigenvalue weighted by atomic mass is 16.7. The van der Waals surface area contributed by atoms with Crippen LogP contribution in [0.15, 0.2) is 0 Å². The van der Waals surface area contributed by atoms with Crippen molar-refractivity contribution in [3.8, 4) is 0 Å². The second-order valence-electron chi connectivity index (χ2n) is 9.97. The minimum absolute atomic E-state index is 0.0457. The van der Waals surface area contributed by atoms with Gasteiger partial charge >= 0.3 is 0 Å². The van der Waals surface area contributed by atoms with Gasteiger partial charge in [-0.3, -0.25) is 0 Å². The van der Waals surface area contributed by atoms with E-state index in [-0.39, 0.29) is 16.9 Å². The minimum atomic E-state index is -0.432. The van der Waals surface area contributed by atoms with Gasteiger partial charge in [0.25, 0.3) is 0 Å². The molecule has 3 N–H and O–H groups in total. The molecule has 1 saturated heterocycles. The molecule has 3 saturated carbocycles. The Morgan fingerprint density at radius 3 is 2.36 bits per heavy atom. The Labute approximate surface area is 152 Å². The van der Waals surface area contributed by atoms with E-state index in [4.69, 9.17) is 15.2 Å². The first-order valence-corrected chi connectivity index (χ1v) is 10.5. The van der Waals surface area contributed by atoms with Gasteiger partial charge in [-0.15, -0.1) is 0 Å². The van der Waals surface area contributed by atoms with Gasteiger partial charge in [-0.25, -0.2) is 0 Å². The molecule has 4 rings (SSSR count). The van der Waals surface area contributed by atoms with Crippen LogP contribution < -0.4 is 5.73 Å². The van der Waals surface area contributed by atoms with E-state index in [1.165, 1.54) is 19.3 Å².